The van der Waals surface area contributed by atoms with Gasteiger partial charge in [0.05, 0.1) is 21.3 Å². The Morgan fingerprint density at radius 1 is 0.913 bits per heavy atom. The molecular weight excluding hydrogens is 334 g/mol. The summed E-state index contributed by atoms with van der Waals surface area (Å²) in [6, 6.07) is 12.2. The Bertz CT molecular complexity index is 595. The van der Waals surface area contributed by atoms with Gasteiger partial charge in [-0.05, 0) is 48.2 Å². The van der Waals surface area contributed by atoms with E-state index in [1.807, 2.05) is 12.1 Å². The first-order valence-corrected chi connectivity index (χ1v) is 8.11. The molecule has 0 spiro atoms. The average Bonchev–Trinajstić information content (AvgIpc) is 2.59. The van der Waals surface area contributed by atoms with Crippen molar-refractivity contribution < 1.29 is 14.2 Å². The third-order valence-corrected chi connectivity index (χ3v) is 4.05. The maximum Gasteiger partial charge on any atom is 0.203 e. The average molecular weight is 356 g/mol. The Morgan fingerprint density at radius 2 is 1.48 bits per heavy atom. The standard InChI is InChI=1S/C17H21NO3S.ClH/c1-19-15-9-12(10-16(20-2)17(15)21-3)11-18-13-5-7-14(22-4)8-6-13;/h5-10,18H,11H2,1-4H3;1H. The van der Waals surface area contributed by atoms with Crippen molar-refractivity contribution in [2.75, 3.05) is 32.9 Å². The molecular formula is C17H22ClNO3S. The van der Waals surface area contributed by atoms with Gasteiger partial charge in [-0.2, -0.15) is 0 Å². The topological polar surface area (TPSA) is 39.7 Å². The van der Waals surface area contributed by atoms with Crippen LogP contribution in [-0.4, -0.2) is 27.6 Å². The van der Waals surface area contributed by atoms with Crippen molar-refractivity contribution in [3.63, 3.8) is 0 Å². The van der Waals surface area contributed by atoms with Crippen molar-refractivity contribution in [3.05, 3.63) is 42.0 Å². The number of nitrogens with one attached hydrogen (secondary N) is 1. The zero-order chi connectivity index (χ0) is 15.9. The fourth-order valence-corrected chi connectivity index (χ4v) is 2.56. The summed E-state index contributed by atoms with van der Waals surface area (Å²) in [6.45, 7) is 0.676. The van der Waals surface area contributed by atoms with Crippen molar-refractivity contribution in [1.82, 2.24) is 0 Å². The van der Waals surface area contributed by atoms with Crippen LogP contribution in [0.4, 0.5) is 5.69 Å². The fourth-order valence-electron chi connectivity index (χ4n) is 2.15. The van der Waals surface area contributed by atoms with E-state index < -0.39 is 0 Å². The monoisotopic (exact) mass is 355 g/mol. The Morgan fingerprint density at radius 3 is 1.91 bits per heavy atom. The second kappa shape index (κ2) is 9.43. The van der Waals surface area contributed by atoms with E-state index in [0.717, 1.165) is 11.3 Å². The van der Waals surface area contributed by atoms with Crippen LogP contribution in [-0.2, 0) is 6.54 Å². The van der Waals surface area contributed by atoms with Crippen molar-refractivity contribution in [2.45, 2.75) is 11.4 Å². The van der Waals surface area contributed by atoms with Crippen LogP contribution in [0.25, 0.3) is 0 Å². The number of rotatable bonds is 7. The van der Waals surface area contributed by atoms with E-state index >= 15 is 0 Å². The Kier molecular flexibility index (Phi) is 7.92. The number of anilines is 1. The molecule has 0 fully saturated rings. The molecule has 2 aromatic rings. The summed E-state index contributed by atoms with van der Waals surface area (Å²) in [5.41, 5.74) is 2.13. The van der Waals surface area contributed by atoms with E-state index in [1.165, 1.54) is 4.90 Å². The predicted molar refractivity (Wildman–Crippen MR) is 98.9 cm³/mol. The zero-order valence-electron chi connectivity index (χ0n) is 13.7. The molecule has 0 aliphatic rings. The molecule has 23 heavy (non-hydrogen) atoms. The number of hydrogen-bond donors (Lipinski definition) is 1. The molecule has 1 N–H and O–H groups in total. The van der Waals surface area contributed by atoms with E-state index in [9.17, 15) is 0 Å². The lowest BCUT2D eigenvalue weighted by atomic mass is 10.1. The molecule has 0 unspecified atom stereocenters. The van der Waals surface area contributed by atoms with Gasteiger partial charge in [0.25, 0.3) is 0 Å². The highest BCUT2D eigenvalue weighted by molar-refractivity contribution is 7.98. The van der Waals surface area contributed by atoms with E-state index in [-0.39, 0.29) is 12.4 Å². The van der Waals surface area contributed by atoms with Crippen molar-refractivity contribution in [3.8, 4) is 17.2 Å². The summed E-state index contributed by atoms with van der Waals surface area (Å²) in [5, 5.41) is 3.39. The molecule has 0 aliphatic heterocycles. The first-order valence-electron chi connectivity index (χ1n) is 6.88. The highest BCUT2D eigenvalue weighted by Gasteiger charge is 2.12. The zero-order valence-corrected chi connectivity index (χ0v) is 15.3. The molecule has 2 aromatic carbocycles. The van der Waals surface area contributed by atoms with E-state index in [2.05, 4.69) is 35.8 Å². The summed E-state index contributed by atoms with van der Waals surface area (Å²) in [6.07, 6.45) is 2.07. The van der Waals surface area contributed by atoms with Crippen molar-refractivity contribution >= 4 is 29.9 Å². The molecule has 0 bridgehead atoms. The third kappa shape index (κ3) is 4.88. The predicted octanol–water partition coefficient (Wildman–Crippen LogP) is 4.47. The van der Waals surface area contributed by atoms with Crippen LogP contribution in [0.5, 0.6) is 17.2 Å². The number of ether oxygens (including phenoxy) is 3. The Labute approximate surface area is 147 Å². The van der Waals surface area contributed by atoms with E-state index in [4.69, 9.17) is 14.2 Å². The molecule has 0 heterocycles. The maximum atomic E-state index is 5.37. The SMILES string of the molecule is COc1cc(CNc2ccc(SC)cc2)cc(OC)c1OC.Cl. The van der Waals surface area contributed by atoms with Crippen LogP contribution in [0, 0.1) is 0 Å². The molecule has 0 amide bonds. The number of halogens is 1. The number of methoxy groups -OCH3 is 3. The molecule has 0 aromatic heterocycles. The smallest absolute Gasteiger partial charge is 0.203 e. The van der Waals surface area contributed by atoms with Gasteiger partial charge >= 0.3 is 0 Å². The summed E-state index contributed by atoms with van der Waals surface area (Å²) < 4.78 is 16.1. The summed E-state index contributed by atoms with van der Waals surface area (Å²) in [7, 11) is 4.84. The second-order valence-corrected chi connectivity index (χ2v) is 5.50. The van der Waals surface area contributed by atoms with Crippen LogP contribution < -0.4 is 19.5 Å². The number of benzene rings is 2. The van der Waals surface area contributed by atoms with Gasteiger partial charge in [-0.25, -0.2) is 0 Å². The molecule has 0 saturated carbocycles. The van der Waals surface area contributed by atoms with Gasteiger partial charge in [-0.1, -0.05) is 0 Å². The van der Waals surface area contributed by atoms with Gasteiger partial charge in [0.1, 0.15) is 0 Å². The first-order chi connectivity index (χ1) is 10.7. The minimum Gasteiger partial charge on any atom is -0.493 e. The quantitative estimate of drug-likeness (QED) is 0.742. The Hall–Kier alpha value is -1.72. The van der Waals surface area contributed by atoms with Crippen LogP contribution in [0.1, 0.15) is 5.56 Å². The Balaban J connectivity index is 0.00000264. The van der Waals surface area contributed by atoms with Crippen LogP contribution in [0.3, 0.4) is 0 Å². The van der Waals surface area contributed by atoms with Gasteiger partial charge in [-0.3, -0.25) is 0 Å². The van der Waals surface area contributed by atoms with Crippen molar-refractivity contribution in [2.24, 2.45) is 0 Å². The normalized spacial score (nSPS) is 9.74. The number of hydrogen-bond acceptors (Lipinski definition) is 5. The molecule has 2 rings (SSSR count). The number of thioether (sulfide) groups is 1. The lowest BCUT2D eigenvalue weighted by Gasteiger charge is -2.15. The summed E-state index contributed by atoms with van der Waals surface area (Å²) >= 11 is 1.73. The van der Waals surface area contributed by atoms with Gasteiger partial charge in [-0.15, -0.1) is 24.2 Å². The molecule has 0 aliphatic carbocycles. The third-order valence-electron chi connectivity index (χ3n) is 3.31. The molecule has 0 atom stereocenters. The molecule has 0 radical (unpaired) electrons. The lowest BCUT2D eigenvalue weighted by molar-refractivity contribution is 0.324. The van der Waals surface area contributed by atoms with Gasteiger partial charge in [0, 0.05) is 17.1 Å². The molecule has 4 nitrogen and oxygen atoms in total. The second-order valence-electron chi connectivity index (χ2n) is 4.62. The molecule has 0 saturated heterocycles. The van der Waals surface area contributed by atoms with E-state index in [1.54, 1.807) is 33.1 Å². The van der Waals surface area contributed by atoms with Crippen LogP contribution in [0.15, 0.2) is 41.3 Å². The fraction of sp³-hybridized carbons (Fsp3) is 0.294. The first kappa shape index (κ1) is 19.3. The van der Waals surface area contributed by atoms with Gasteiger partial charge < -0.3 is 19.5 Å². The summed E-state index contributed by atoms with van der Waals surface area (Å²) in [5.74, 6) is 1.94. The minimum atomic E-state index is 0. The van der Waals surface area contributed by atoms with Crippen molar-refractivity contribution in [1.29, 1.82) is 0 Å². The minimum absolute atomic E-state index is 0. The highest BCUT2D eigenvalue weighted by Crippen LogP contribution is 2.38. The summed E-state index contributed by atoms with van der Waals surface area (Å²) in [4.78, 5) is 1.25. The molecule has 6 heteroatoms. The molecule has 126 valence electrons. The largest absolute Gasteiger partial charge is 0.493 e. The highest BCUT2D eigenvalue weighted by atomic mass is 35.5. The lowest BCUT2D eigenvalue weighted by Crippen LogP contribution is -2.02. The van der Waals surface area contributed by atoms with Gasteiger partial charge in [0.15, 0.2) is 11.5 Å². The van der Waals surface area contributed by atoms with Crippen LogP contribution >= 0.6 is 24.2 Å². The van der Waals surface area contributed by atoms with Crippen LogP contribution in [0.2, 0.25) is 0 Å². The van der Waals surface area contributed by atoms with Gasteiger partial charge in [0.2, 0.25) is 5.75 Å². The maximum absolute atomic E-state index is 5.37. The van der Waals surface area contributed by atoms with E-state index in [0.29, 0.717) is 23.8 Å².